The van der Waals surface area contributed by atoms with Gasteiger partial charge in [-0.3, -0.25) is 9.78 Å². The Balaban J connectivity index is 1.81. The van der Waals surface area contributed by atoms with Gasteiger partial charge in [0.2, 0.25) is 0 Å². The van der Waals surface area contributed by atoms with Gasteiger partial charge >= 0.3 is 0 Å². The van der Waals surface area contributed by atoms with Crippen LogP contribution in [0.1, 0.15) is 11.1 Å². The number of carbonyl (C=O) groups is 1. The zero-order chi connectivity index (χ0) is 16.7. The molecule has 0 aliphatic carbocycles. The molecule has 0 aliphatic rings. The van der Waals surface area contributed by atoms with Crippen LogP contribution in [0.25, 0.3) is 0 Å². The number of hydrogen-bond donors (Lipinski definition) is 2. The number of benzene rings is 1. The maximum atomic E-state index is 11.8. The van der Waals surface area contributed by atoms with Crippen LogP contribution in [-0.2, 0) is 16.1 Å². The number of nitrogens with one attached hydrogen (secondary N) is 1. The molecule has 1 aromatic heterocycles. The van der Waals surface area contributed by atoms with Crippen LogP contribution in [-0.4, -0.2) is 23.3 Å². The molecular formula is C16H17ClN4O2. The number of halogens is 1. The lowest BCUT2D eigenvalue weighted by molar-refractivity contribution is -0.120. The minimum atomic E-state index is -0.326. The van der Waals surface area contributed by atoms with Crippen molar-refractivity contribution in [2.24, 2.45) is 10.9 Å². The van der Waals surface area contributed by atoms with Gasteiger partial charge in [0, 0.05) is 29.5 Å². The fourth-order valence-electron chi connectivity index (χ4n) is 1.87. The van der Waals surface area contributed by atoms with Crippen molar-refractivity contribution in [3.8, 4) is 0 Å². The zero-order valence-electron chi connectivity index (χ0n) is 12.6. The minimum absolute atomic E-state index is 0.226. The van der Waals surface area contributed by atoms with E-state index >= 15 is 0 Å². The van der Waals surface area contributed by atoms with Crippen LogP contribution in [0.15, 0.2) is 47.9 Å². The Kier molecular flexibility index (Phi) is 5.94. The quantitative estimate of drug-likeness (QED) is 0.483. The van der Waals surface area contributed by atoms with E-state index in [2.05, 4.69) is 15.5 Å². The summed E-state index contributed by atoms with van der Waals surface area (Å²) >= 11 is 5.86. The van der Waals surface area contributed by atoms with E-state index in [4.69, 9.17) is 22.2 Å². The Labute approximate surface area is 139 Å². The average molecular weight is 333 g/mol. The van der Waals surface area contributed by atoms with Crippen molar-refractivity contribution < 1.29 is 9.63 Å². The topological polar surface area (TPSA) is 89.6 Å². The first-order valence-electron chi connectivity index (χ1n) is 6.94. The normalized spacial score (nSPS) is 11.1. The van der Waals surface area contributed by atoms with Gasteiger partial charge in [-0.2, -0.15) is 0 Å². The number of pyridine rings is 1. The van der Waals surface area contributed by atoms with E-state index in [0.29, 0.717) is 17.1 Å². The molecule has 1 aromatic carbocycles. The Bertz CT molecular complexity index is 704. The SMILES string of the molecule is Cc1cc(Cl)ccc1NC(=O)CON=C(N)Cc1cccnc1. The number of carbonyl (C=O) groups excluding carboxylic acids is 1. The molecule has 120 valence electrons. The lowest BCUT2D eigenvalue weighted by Crippen LogP contribution is -2.20. The van der Waals surface area contributed by atoms with Gasteiger partial charge in [-0.25, -0.2) is 0 Å². The van der Waals surface area contributed by atoms with Gasteiger partial charge in [-0.1, -0.05) is 22.8 Å². The maximum Gasteiger partial charge on any atom is 0.265 e. The predicted molar refractivity (Wildman–Crippen MR) is 90.3 cm³/mol. The lowest BCUT2D eigenvalue weighted by atomic mass is 10.2. The number of amides is 1. The van der Waals surface area contributed by atoms with Crippen molar-refractivity contribution >= 4 is 29.0 Å². The largest absolute Gasteiger partial charge is 0.384 e. The Morgan fingerprint density at radius 2 is 2.26 bits per heavy atom. The van der Waals surface area contributed by atoms with Crippen molar-refractivity contribution in [1.29, 1.82) is 0 Å². The van der Waals surface area contributed by atoms with Crippen LogP contribution in [0.5, 0.6) is 0 Å². The van der Waals surface area contributed by atoms with Crippen molar-refractivity contribution in [2.45, 2.75) is 13.3 Å². The summed E-state index contributed by atoms with van der Waals surface area (Å²) in [7, 11) is 0. The molecule has 7 heteroatoms. The van der Waals surface area contributed by atoms with E-state index in [1.54, 1.807) is 30.6 Å². The van der Waals surface area contributed by atoms with Crippen molar-refractivity contribution in [3.05, 3.63) is 58.9 Å². The highest BCUT2D eigenvalue weighted by Gasteiger charge is 2.06. The Hall–Kier alpha value is -2.60. The number of aromatic nitrogens is 1. The van der Waals surface area contributed by atoms with E-state index in [1.165, 1.54) is 0 Å². The molecule has 0 aliphatic heterocycles. The third-order valence-electron chi connectivity index (χ3n) is 2.95. The van der Waals surface area contributed by atoms with Gasteiger partial charge in [0.25, 0.3) is 5.91 Å². The fourth-order valence-corrected chi connectivity index (χ4v) is 2.10. The standard InChI is InChI=1S/C16H17ClN4O2/c1-11-7-13(17)4-5-14(11)20-16(22)10-23-21-15(18)8-12-3-2-6-19-9-12/h2-7,9H,8,10H2,1H3,(H2,18,21)(H,20,22). The van der Waals surface area contributed by atoms with E-state index < -0.39 is 0 Å². The van der Waals surface area contributed by atoms with Gasteiger partial charge in [-0.05, 0) is 42.3 Å². The van der Waals surface area contributed by atoms with E-state index in [-0.39, 0.29) is 18.3 Å². The van der Waals surface area contributed by atoms with E-state index in [1.807, 2.05) is 19.1 Å². The number of hydrogen-bond acceptors (Lipinski definition) is 4. The second-order valence-corrected chi connectivity index (χ2v) is 5.34. The number of rotatable bonds is 6. The molecule has 3 N–H and O–H groups in total. The van der Waals surface area contributed by atoms with Gasteiger partial charge in [0.1, 0.15) is 5.84 Å². The summed E-state index contributed by atoms with van der Waals surface area (Å²) in [4.78, 5) is 20.8. The number of anilines is 1. The molecule has 0 atom stereocenters. The van der Waals surface area contributed by atoms with Crippen LogP contribution in [0.3, 0.4) is 0 Å². The molecule has 2 rings (SSSR count). The van der Waals surface area contributed by atoms with Crippen LogP contribution in [0, 0.1) is 6.92 Å². The smallest absolute Gasteiger partial charge is 0.265 e. The minimum Gasteiger partial charge on any atom is -0.384 e. The molecular weight excluding hydrogens is 316 g/mol. The van der Waals surface area contributed by atoms with E-state index in [0.717, 1.165) is 11.1 Å². The average Bonchev–Trinajstić information content (AvgIpc) is 2.51. The summed E-state index contributed by atoms with van der Waals surface area (Å²) < 4.78 is 0. The summed E-state index contributed by atoms with van der Waals surface area (Å²) in [5, 5.41) is 7.06. The number of nitrogens with two attached hydrogens (primary N) is 1. The number of aryl methyl sites for hydroxylation is 1. The molecule has 2 aromatic rings. The molecule has 6 nitrogen and oxygen atoms in total. The third kappa shape index (κ3) is 5.60. The van der Waals surface area contributed by atoms with Crippen LogP contribution >= 0.6 is 11.6 Å². The number of oxime groups is 1. The monoisotopic (exact) mass is 332 g/mol. The lowest BCUT2D eigenvalue weighted by Gasteiger charge is -2.08. The van der Waals surface area contributed by atoms with Gasteiger partial charge in [-0.15, -0.1) is 0 Å². The summed E-state index contributed by atoms with van der Waals surface area (Å²) in [6.07, 6.45) is 3.78. The molecule has 1 amide bonds. The molecule has 0 radical (unpaired) electrons. The van der Waals surface area contributed by atoms with Crippen molar-refractivity contribution in [1.82, 2.24) is 4.98 Å². The predicted octanol–water partition coefficient (Wildman–Crippen LogP) is 2.51. The van der Waals surface area contributed by atoms with Crippen molar-refractivity contribution in [2.75, 3.05) is 11.9 Å². The molecule has 0 saturated heterocycles. The highest BCUT2D eigenvalue weighted by Crippen LogP contribution is 2.19. The van der Waals surface area contributed by atoms with Crippen LogP contribution < -0.4 is 11.1 Å². The third-order valence-corrected chi connectivity index (χ3v) is 3.18. The Morgan fingerprint density at radius 3 is 2.96 bits per heavy atom. The van der Waals surface area contributed by atoms with Crippen molar-refractivity contribution in [3.63, 3.8) is 0 Å². The summed E-state index contributed by atoms with van der Waals surface area (Å²) in [5.41, 5.74) is 8.19. The molecule has 0 bridgehead atoms. The van der Waals surface area contributed by atoms with E-state index in [9.17, 15) is 4.79 Å². The fraction of sp³-hybridized carbons (Fsp3) is 0.188. The second-order valence-electron chi connectivity index (χ2n) is 4.90. The first kappa shape index (κ1) is 16.8. The summed E-state index contributed by atoms with van der Waals surface area (Å²) in [6, 6.07) is 8.89. The number of nitrogens with zero attached hydrogens (tertiary/aromatic N) is 2. The molecule has 1 heterocycles. The first-order valence-corrected chi connectivity index (χ1v) is 7.31. The summed E-state index contributed by atoms with van der Waals surface area (Å²) in [6.45, 7) is 1.63. The summed E-state index contributed by atoms with van der Waals surface area (Å²) in [5.74, 6) is -0.0539. The van der Waals surface area contributed by atoms with Gasteiger partial charge < -0.3 is 15.9 Å². The molecule has 23 heavy (non-hydrogen) atoms. The van der Waals surface area contributed by atoms with Gasteiger partial charge in [0.05, 0.1) is 0 Å². The van der Waals surface area contributed by atoms with Crippen LogP contribution in [0.2, 0.25) is 5.02 Å². The zero-order valence-corrected chi connectivity index (χ0v) is 13.4. The highest BCUT2D eigenvalue weighted by molar-refractivity contribution is 6.30. The Morgan fingerprint density at radius 1 is 1.43 bits per heavy atom. The second kappa shape index (κ2) is 8.14. The maximum absolute atomic E-state index is 11.8. The van der Waals surface area contributed by atoms with Crippen LogP contribution in [0.4, 0.5) is 5.69 Å². The van der Waals surface area contributed by atoms with Gasteiger partial charge in [0.15, 0.2) is 6.61 Å². The molecule has 0 unspecified atom stereocenters. The first-order chi connectivity index (χ1) is 11.0. The molecule has 0 spiro atoms. The number of amidine groups is 1. The highest BCUT2D eigenvalue weighted by atomic mass is 35.5. The molecule has 0 fully saturated rings. The molecule has 0 saturated carbocycles.